The number of aliphatic hydroxyl groups is 1. The van der Waals surface area contributed by atoms with Gasteiger partial charge >= 0.3 is 0 Å². The van der Waals surface area contributed by atoms with Crippen molar-refractivity contribution in [1.29, 1.82) is 0 Å². The SMILES string of the molecule is CNC(=O)[C@@H]1[C@@H]2CC(C)C3(S2)C(C(=O)Nc2ccc(Cl)cc2)N(CCCCCO)C(=O)[C@H]13. The molecule has 2 bridgehead atoms. The molecule has 32 heavy (non-hydrogen) atoms. The van der Waals surface area contributed by atoms with Gasteiger partial charge in [0.05, 0.1) is 16.6 Å². The molecule has 174 valence electrons. The lowest BCUT2D eigenvalue weighted by atomic mass is 9.66. The predicted molar refractivity (Wildman–Crippen MR) is 125 cm³/mol. The number of nitrogens with one attached hydrogen (secondary N) is 2. The third-order valence-electron chi connectivity index (χ3n) is 7.21. The highest BCUT2D eigenvalue weighted by Gasteiger charge is 2.75. The summed E-state index contributed by atoms with van der Waals surface area (Å²) in [5.41, 5.74) is 0.625. The Kier molecular flexibility index (Phi) is 6.75. The largest absolute Gasteiger partial charge is 0.396 e. The van der Waals surface area contributed by atoms with Gasteiger partial charge in [0.1, 0.15) is 6.04 Å². The van der Waals surface area contributed by atoms with E-state index in [9.17, 15) is 14.4 Å². The molecular formula is C23H30ClN3O4S. The Balaban J connectivity index is 1.68. The zero-order valence-corrected chi connectivity index (χ0v) is 19.9. The second kappa shape index (κ2) is 9.23. The van der Waals surface area contributed by atoms with Gasteiger partial charge in [-0.15, -0.1) is 11.8 Å². The number of fused-ring (bicyclic) bond motifs is 1. The van der Waals surface area contributed by atoms with Gasteiger partial charge in [-0.1, -0.05) is 18.5 Å². The number of carbonyl (C=O) groups is 3. The first-order chi connectivity index (χ1) is 15.3. The number of thioether (sulfide) groups is 1. The zero-order valence-electron chi connectivity index (χ0n) is 18.3. The lowest BCUT2D eigenvalue weighted by molar-refractivity contribution is -0.139. The van der Waals surface area contributed by atoms with E-state index in [0.717, 1.165) is 12.8 Å². The number of amides is 3. The van der Waals surface area contributed by atoms with Crippen LogP contribution in [-0.4, -0.2) is 64.0 Å². The highest BCUT2D eigenvalue weighted by atomic mass is 35.5. The highest BCUT2D eigenvalue weighted by Crippen LogP contribution is 2.68. The van der Waals surface area contributed by atoms with Crippen molar-refractivity contribution in [2.24, 2.45) is 17.8 Å². The van der Waals surface area contributed by atoms with Gasteiger partial charge in [0.25, 0.3) is 0 Å². The van der Waals surface area contributed by atoms with Crippen molar-refractivity contribution in [1.82, 2.24) is 10.2 Å². The second-order valence-corrected chi connectivity index (χ2v) is 11.0. The molecule has 3 unspecified atom stereocenters. The van der Waals surface area contributed by atoms with Gasteiger partial charge in [0, 0.05) is 36.2 Å². The molecule has 3 aliphatic rings. The molecule has 3 amide bonds. The molecule has 9 heteroatoms. The first-order valence-corrected chi connectivity index (χ1v) is 12.5. The summed E-state index contributed by atoms with van der Waals surface area (Å²) in [5.74, 6) is -1.21. The van der Waals surface area contributed by atoms with Gasteiger partial charge in [0.15, 0.2) is 0 Å². The Labute approximate surface area is 197 Å². The molecular weight excluding hydrogens is 450 g/mol. The summed E-state index contributed by atoms with van der Waals surface area (Å²) >= 11 is 7.64. The number of aliphatic hydroxyl groups excluding tert-OH is 1. The van der Waals surface area contributed by atoms with Crippen LogP contribution in [0.2, 0.25) is 5.02 Å². The molecule has 1 aromatic rings. The van der Waals surface area contributed by atoms with E-state index in [0.29, 0.717) is 30.1 Å². The van der Waals surface area contributed by atoms with Crippen LogP contribution in [0.1, 0.15) is 32.6 Å². The Hall–Kier alpha value is -1.77. The molecule has 3 heterocycles. The summed E-state index contributed by atoms with van der Waals surface area (Å²) in [6.07, 6.45) is 2.95. The molecule has 0 saturated carbocycles. The van der Waals surface area contributed by atoms with E-state index < -0.39 is 22.6 Å². The standard InChI is InChI=1S/C23H30ClN3O4S/c1-13-12-16-17(20(29)25-2)18-22(31)27(10-4-3-5-11-28)19(23(13,18)32-16)21(30)26-15-8-6-14(24)7-9-15/h6-9,13,16-19,28H,3-5,10-12H2,1-2H3,(H,25,29)(H,26,30)/t13?,16-,17+,18-,19?,23?/m0/s1. The van der Waals surface area contributed by atoms with Crippen LogP contribution in [0.15, 0.2) is 24.3 Å². The van der Waals surface area contributed by atoms with E-state index in [2.05, 4.69) is 17.6 Å². The molecule has 3 aliphatic heterocycles. The summed E-state index contributed by atoms with van der Waals surface area (Å²) in [4.78, 5) is 41.8. The second-order valence-electron chi connectivity index (χ2n) is 8.98. The van der Waals surface area contributed by atoms with Crippen LogP contribution in [0, 0.1) is 17.8 Å². The quantitative estimate of drug-likeness (QED) is 0.498. The fourth-order valence-corrected chi connectivity index (χ4v) is 8.39. The van der Waals surface area contributed by atoms with Gasteiger partial charge in [0.2, 0.25) is 17.7 Å². The molecule has 6 atom stereocenters. The number of anilines is 1. The molecule has 3 saturated heterocycles. The number of nitrogens with zero attached hydrogens (tertiary/aromatic N) is 1. The van der Waals surface area contributed by atoms with Crippen LogP contribution in [-0.2, 0) is 14.4 Å². The maximum atomic E-state index is 13.7. The van der Waals surface area contributed by atoms with Gasteiger partial charge < -0.3 is 20.6 Å². The van der Waals surface area contributed by atoms with Crippen LogP contribution >= 0.6 is 23.4 Å². The lowest BCUT2D eigenvalue weighted by Crippen LogP contribution is -2.55. The van der Waals surface area contributed by atoms with E-state index in [-0.39, 0.29) is 35.5 Å². The van der Waals surface area contributed by atoms with Crippen molar-refractivity contribution in [2.45, 2.75) is 48.6 Å². The van der Waals surface area contributed by atoms with Crippen molar-refractivity contribution < 1.29 is 19.5 Å². The monoisotopic (exact) mass is 479 g/mol. The highest BCUT2D eigenvalue weighted by molar-refractivity contribution is 8.02. The predicted octanol–water partition coefficient (Wildman–Crippen LogP) is 2.52. The van der Waals surface area contributed by atoms with Crippen LogP contribution in [0.3, 0.4) is 0 Å². The summed E-state index contributed by atoms with van der Waals surface area (Å²) in [6.45, 7) is 2.65. The molecule has 0 aliphatic carbocycles. The number of halogens is 1. The average molecular weight is 480 g/mol. The lowest BCUT2D eigenvalue weighted by Gasteiger charge is -2.38. The molecule has 3 fully saturated rings. The molecule has 0 aromatic heterocycles. The van der Waals surface area contributed by atoms with E-state index in [4.69, 9.17) is 16.7 Å². The minimum Gasteiger partial charge on any atom is -0.396 e. The molecule has 4 rings (SSSR count). The number of benzene rings is 1. The fourth-order valence-electron chi connectivity index (χ4n) is 5.84. The van der Waals surface area contributed by atoms with E-state index in [1.165, 1.54) is 0 Å². The van der Waals surface area contributed by atoms with Crippen molar-refractivity contribution in [3.63, 3.8) is 0 Å². The summed E-state index contributed by atoms with van der Waals surface area (Å²) in [5, 5.41) is 15.5. The zero-order chi connectivity index (χ0) is 23.0. The Bertz CT molecular complexity index is 898. The third kappa shape index (κ3) is 3.70. The summed E-state index contributed by atoms with van der Waals surface area (Å²) in [6, 6.07) is 6.27. The van der Waals surface area contributed by atoms with Crippen molar-refractivity contribution >= 4 is 46.8 Å². The van der Waals surface area contributed by atoms with Gasteiger partial charge in [-0.05, 0) is 55.9 Å². The molecule has 3 N–H and O–H groups in total. The van der Waals surface area contributed by atoms with Crippen LogP contribution in [0.4, 0.5) is 5.69 Å². The van der Waals surface area contributed by atoms with E-state index in [1.54, 1.807) is 48.0 Å². The molecule has 0 radical (unpaired) electrons. The molecule has 1 aromatic carbocycles. The summed E-state index contributed by atoms with van der Waals surface area (Å²) in [7, 11) is 1.60. The van der Waals surface area contributed by atoms with Crippen molar-refractivity contribution in [3.8, 4) is 0 Å². The maximum absolute atomic E-state index is 13.7. The van der Waals surface area contributed by atoms with Crippen LogP contribution in [0.5, 0.6) is 0 Å². The number of hydrogen-bond donors (Lipinski definition) is 3. The Morgan fingerprint density at radius 3 is 2.59 bits per heavy atom. The normalized spacial score (nSPS) is 32.8. The van der Waals surface area contributed by atoms with Crippen LogP contribution < -0.4 is 10.6 Å². The molecule has 7 nitrogen and oxygen atoms in total. The minimum atomic E-state index is -0.649. The summed E-state index contributed by atoms with van der Waals surface area (Å²) < 4.78 is -0.619. The van der Waals surface area contributed by atoms with Gasteiger partial charge in [-0.3, -0.25) is 14.4 Å². The number of rotatable bonds is 8. The topological polar surface area (TPSA) is 98.7 Å². The number of hydrogen-bond acceptors (Lipinski definition) is 5. The first kappa shape index (κ1) is 23.4. The van der Waals surface area contributed by atoms with Gasteiger partial charge in [-0.25, -0.2) is 0 Å². The fraction of sp³-hybridized carbons (Fsp3) is 0.609. The number of unbranched alkanes of at least 4 members (excludes halogenated alkanes) is 2. The maximum Gasteiger partial charge on any atom is 0.248 e. The first-order valence-electron chi connectivity index (χ1n) is 11.2. The van der Waals surface area contributed by atoms with Gasteiger partial charge in [-0.2, -0.15) is 0 Å². The Morgan fingerprint density at radius 2 is 1.94 bits per heavy atom. The van der Waals surface area contributed by atoms with Crippen LogP contribution in [0.25, 0.3) is 0 Å². The molecule has 1 spiro atoms. The van der Waals surface area contributed by atoms with Crippen molar-refractivity contribution in [3.05, 3.63) is 29.3 Å². The average Bonchev–Trinajstić information content (AvgIpc) is 3.36. The van der Waals surface area contributed by atoms with E-state index in [1.807, 2.05) is 0 Å². The number of carbonyl (C=O) groups excluding carboxylic acids is 3. The van der Waals surface area contributed by atoms with Crippen molar-refractivity contribution in [2.75, 3.05) is 25.5 Å². The number of likely N-dealkylation sites (tertiary alicyclic amines) is 1. The third-order valence-corrected chi connectivity index (χ3v) is 9.54. The van der Waals surface area contributed by atoms with E-state index >= 15 is 0 Å². The smallest absolute Gasteiger partial charge is 0.248 e. The Morgan fingerprint density at radius 1 is 1.22 bits per heavy atom. The minimum absolute atomic E-state index is 0.0428.